The Hall–Kier alpha value is -1.20. The van der Waals surface area contributed by atoms with Gasteiger partial charge in [0.1, 0.15) is 6.10 Å². The summed E-state index contributed by atoms with van der Waals surface area (Å²) in [5, 5.41) is 13.1. The molecule has 84 valence electrons. The molecule has 0 aliphatic rings. The van der Waals surface area contributed by atoms with Gasteiger partial charge in [-0.25, -0.2) is 0 Å². The number of aromatic nitrogens is 2. The fourth-order valence-electron chi connectivity index (χ4n) is 1.32. The highest BCUT2D eigenvalue weighted by atomic mass is 79.9. The van der Waals surface area contributed by atoms with Crippen molar-refractivity contribution in [1.82, 2.24) is 10.1 Å². The SMILES string of the molecule is Cc1ccc(-c2noc([C@H](C)O)n2)c(Br)c1. The lowest BCUT2D eigenvalue weighted by Crippen LogP contribution is -1.90. The normalized spacial score (nSPS) is 12.8. The van der Waals surface area contributed by atoms with E-state index in [9.17, 15) is 5.11 Å². The Bertz CT molecular complexity index is 508. The van der Waals surface area contributed by atoms with Gasteiger partial charge in [-0.1, -0.05) is 27.2 Å². The Morgan fingerprint density at radius 1 is 1.44 bits per heavy atom. The monoisotopic (exact) mass is 282 g/mol. The molecule has 1 aromatic carbocycles. The van der Waals surface area contributed by atoms with Gasteiger partial charge < -0.3 is 9.63 Å². The number of aliphatic hydroxyl groups excluding tert-OH is 1. The first-order valence-electron chi connectivity index (χ1n) is 4.86. The molecule has 1 N–H and O–H groups in total. The third-order valence-electron chi connectivity index (χ3n) is 2.16. The van der Waals surface area contributed by atoms with E-state index in [1.54, 1.807) is 6.92 Å². The fraction of sp³-hybridized carbons (Fsp3) is 0.273. The van der Waals surface area contributed by atoms with Gasteiger partial charge in [-0.3, -0.25) is 0 Å². The number of rotatable bonds is 2. The van der Waals surface area contributed by atoms with Gasteiger partial charge in [-0.2, -0.15) is 4.98 Å². The summed E-state index contributed by atoms with van der Waals surface area (Å²) in [7, 11) is 0. The van der Waals surface area contributed by atoms with Gasteiger partial charge >= 0.3 is 0 Å². The Morgan fingerprint density at radius 2 is 2.19 bits per heavy atom. The minimum Gasteiger partial charge on any atom is -0.384 e. The molecular formula is C11H11BrN2O2. The van der Waals surface area contributed by atoms with E-state index in [0.717, 1.165) is 15.6 Å². The van der Waals surface area contributed by atoms with Gasteiger partial charge in [-0.05, 0) is 31.5 Å². The Kier molecular flexibility index (Phi) is 3.07. The summed E-state index contributed by atoms with van der Waals surface area (Å²) >= 11 is 3.45. The number of aryl methyl sites for hydroxylation is 1. The minimum atomic E-state index is -0.745. The molecule has 0 fully saturated rings. The number of nitrogens with zero attached hydrogens (tertiary/aromatic N) is 2. The molecule has 0 saturated heterocycles. The molecule has 2 rings (SSSR count). The summed E-state index contributed by atoms with van der Waals surface area (Å²) in [6, 6.07) is 5.86. The zero-order valence-corrected chi connectivity index (χ0v) is 10.5. The van der Waals surface area contributed by atoms with E-state index in [2.05, 4.69) is 26.1 Å². The number of benzene rings is 1. The second-order valence-electron chi connectivity index (χ2n) is 3.62. The fourth-order valence-corrected chi connectivity index (χ4v) is 1.99. The summed E-state index contributed by atoms with van der Waals surface area (Å²) in [6.45, 7) is 3.59. The smallest absolute Gasteiger partial charge is 0.255 e. The van der Waals surface area contributed by atoms with Crippen molar-refractivity contribution >= 4 is 15.9 Å². The second kappa shape index (κ2) is 4.35. The maximum absolute atomic E-state index is 9.29. The first-order chi connectivity index (χ1) is 7.58. The first-order valence-corrected chi connectivity index (χ1v) is 5.65. The van der Waals surface area contributed by atoms with Crippen molar-refractivity contribution < 1.29 is 9.63 Å². The molecule has 0 radical (unpaired) electrons. The standard InChI is InChI=1S/C11H11BrN2O2/c1-6-3-4-8(9(12)5-6)10-13-11(7(2)15)16-14-10/h3-5,7,15H,1-2H3/t7-/m0/s1. The Morgan fingerprint density at radius 3 is 2.75 bits per heavy atom. The molecule has 1 atom stereocenters. The van der Waals surface area contributed by atoms with E-state index < -0.39 is 6.10 Å². The van der Waals surface area contributed by atoms with Crippen LogP contribution in [0.4, 0.5) is 0 Å². The maximum atomic E-state index is 9.29. The van der Waals surface area contributed by atoms with Crippen molar-refractivity contribution in [2.24, 2.45) is 0 Å². The quantitative estimate of drug-likeness (QED) is 0.920. The van der Waals surface area contributed by atoms with Crippen LogP contribution in [-0.2, 0) is 0 Å². The third kappa shape index (κ3) is 2.15. The van der Waals surface area contributed by atoms with Crippen molar-refractivity contribution in [3.8, 4) is 11.4 Å². The lowest BCUT2D eigenvalue weighted by Gasteiger charge is -1.99. The van der Waals surface area contributed by atoms with Crippen LogP contribution in [-0.4, -0.2) is 15.2 Å². The summed E-state index contributed by atoms with van der Waals surface area (Å²) in [5.41, 5.74) is 2.00. The molecule has 0 aliphatic carbocycles. The van der Waals surface area contributed by atoms with Crippen molar-refractivity contribution in [2.75, 3.05) is 0 Å². The van der Waals surface area contributed by atoms with Gasteiger partial charge in [0.15, 0.2) is 0 Å². The first kappa shape index (κ1) is 11.3. The molecule has 0 aliphatic heterocycles. The highest BCUT2D eigenvalue weighted by molar-refractivity contribution is 9.10. The minimum absolute atomic E-state index is 0.225. The summed E-state index contributed by atoms with van der Waals surface area (Å²) in [4.78, 5) is 4.11. The summed E-state index contributed by atoms with van der Waals surface area (Å²) in [5.74, 6) is 0.699. The van der Waals surface area contributed by atoms with Gasteiger partial charge in [0.25, 0.3) is 5.89 Å². The predicted molar refractivity (Wildman–Crippen MR) is 62.8 cm³/mol. The zero-order valence-electron chi connectivity index (χ0n) is 8.94. The molecule has 0 spiro atoms. The average molecular weight is 283 g/mol. The van der Waals surface area contributed by atoms with Crippen LogP contribution in [0.3, 0.4) is 0 Å². The van der Waals surface area contributed by atoms with Crippen LogP contribution in [0.5, 0.6) is 0 Å². The molecule has 0 unspecified atom stereocenters. The number of aliphatic hydroxyl groups is 1. The summed E-state index contributed by atoms with van der Waals surface area (Å²) in [6.07, 6.45) is -0.745. The number of halogens is 1. The van der Waals surface area contributed by atoms with Crippen molar-refractivity contribution in [1.29, 1.82) is 0 Å². The van der Waals surface area contributed by atoms with Crippen LogP contribution in [0, 0.1) is 6.92 Å². The highest BCUT2D eigenvalue weighted by Gasteiger charge is 2.14. The van der Waals surface area contributed by atoms with Crippen molar-refractivity contribution in [2.45, 2.75) is 20.0 Å². The van der Waals surface area contributed by atoms with Crippen LogP contribution in [0.25, 0.3) is 11.4 Å². The maximum Gasteiger partial charge on any atom is 0.255 e. The Labute approximate surface area is 101 Å². The zero-order chi connectivity index (χ0) is 11.7. The molecule has 0 saturated carbocycles. The van der Waals surface area contributed by atoms with E-state index in [-0.39, 0.29) is 5.89 Å². The van der Waals surface area contributed by atoms with Crippen LogP contribution in [0.1, 0.15) is 24.5 Å². The Balaban J connectivity index is 2.42. The van der Waals surface area contributed by atoms with Gasteiger partial charge in [0, 0.05) is 10.0 Å². The number of hydrogen-bond acceptors (Lipinski definition) is 4. The largest absolute Gasteiger partial charge is 0.384 e. The highest BCUT2D eigenvalue weighted by Crippen LogP contribution is 2.27. The van der Waals surface area contributed by atoms with E-state index in [4.69, 9.17) is 4.52 Å². The molecule has 2 aromatic rings. The third-order valence-corrected chi connectivity index (χ3v) is 2.82. The molecule has 16 heavy (non-hydrogen) atoms. The van der Waals surface area contributed by atoms with Gasteiger partial charge in [-0.15, -0.1) is 0 Å². The van der Waals surface area contributed by atoms with Crippen LogP contribution >= 0.6 is 15.9 Å². The van der Waals surface area contributed by atoms with Crippen LogP contribution in [0.2, 0.25) is 0 Å². The molecule has 0 amide bonds. The average Bonchev–Trinajstić information content (AvgIpc) is 2.66. The van der Waals surface area contributed by atoms with E-state index in [0.29, 0.717) is 5.82 Å². The van der Waals surface area contributed by atoms with E-state index in [1.165, 1.54) is 0 Å². The summed E-state index contributed by atoms with van der Waals surface area (Å²) < 4.78 is 5.84. The lowest BCUT2D eigenvalue weighted by molar-refractivity contribution is 0.152. The predicted octanol–water partition coefficient (Wildman–Crippen LogP) is 2.86. The molecule has 1 aromatic heterocycles. The van der Waals surface area contributed by atoms with Gasteiger partial charge in [0.05, 0.1) is 0 Å². The van der Waals surface area contributed by atoms with Gasteiger partial charge in [0.2, 0.25) is 5.82 Å². The van der Waals surface area contributed by atoms with E-state index in [1.807, 2.05) is 25.1 Å². The topological polar surface area (TPSA) is 59.2 Å². The lowest BCUT2D eigenvalue weighted by atomic mass is 10.1. The molecule has 4 nitrogen and oxygen atoms in total. The second-order valence-corrected chi connectivity index (χ2v) is 4.47. The number of hydrogen-bond donors (Lipinski definition) is 1. The molecular weight excluding hydrogens is 272 g/mol. The molecule has 1 heterocycles. The van der Waals surface area contributed by atoms with Crippen molar-refractivity contribution in [3.05, 3.63) is 34.1 Å². The van der Waals surface area contributed by atoms with Crippen LogP contribution in [0.15, 0.2) is 27.2 Å². The molecule has 5 heteroatoms. The molecule has 0 bridgehead atoms. The van der Waals surface area contributed by atoms with Crippen molar-refractivity contribution in [3.63, 3.8) is 0 Å². The van der Waals surface area contributed by atoms with E-state index >= 15 is 0 Å². The van der Waals surface area contributed by atoms with Crippen LogP contribution < -0.4 is 0 Å².